The van der Waals surface area contributed by atoms with Gasteiger partial charge in [-0.25, -0.2) is 19.6 Å². The van der Waals surface area contributed by atoms with Gasteiger partial charge in [0.2, 0.25) is 0 Å². The lowest BCUT2D eigenvalue weighted by atomic mass is 10.1. The second-order valence-corrected chi connectivity index (χ2v) is 9.17. The third kappa shape index (κ3) is 3.40. The summed E-state index contributed by atoms with van der Waals surface area (Å²) >= 11 is 1.19. The molecule has 0 spiro atoms. The van der Waals surface area contributed by atoms with Crippen LogP contribution in [0.5, 0.6) is 5.75 Å². The average molecular weight is 497 g/mol. The van der Waals surface area contributed by atoms with Crippen LogP contribution in [0.15, 0.2) is 59.7 Å². The number of aromatic nitrogens is 7. The first-order valence-corrected chi connectivity index (χ1v) is 11.9. The molecule has 2 aromatic carbocycles. The fourth-order valence-corrected chi connectivity index (χ4v) is 5.16. The first kappa shape index (κ1) is 21.9. The van der Waals surface area contributed by atoms with E-state index in [1.165, 1.54) is 17.9 Å². The number of para-hydroxylation sites is 1. The largest absolute Gasteiger partial charge is 0.508 e. The van der Waals surface area contributed by atoms with Crippen molar-refractivity contribution in [3.8, 4) is 22.7 Å². The molecule has 0 unspecified atom stereocenters. The molecule has 6 rings (SSSR count). The maximum atomic E-state index is 13.7. The van der Waals surface area contributed by atoms with E-state index in [2.05, 4.69) is 14.3 Å². The minimum atomic E-state index is -0.186. The standard InChI is InChI=1S/C25H20N8O2S/c1-13-6-3-4-9-17(13)33-18(29-24-19(25(33)35)14(2)31-36-24)11-32-23-20(22(26)27-12-28-23)21(30-32)15-7-5-8-16(34)10-15/h3-10,12,34H,11H2,1-2H3,(H2,26,27,28). The Labute approximate surface area is 208 Å². The van der Waals surface area contributed by atoms with Crippen molar-refractivity contribution in [3.05, 3.63) is 82.3 Å². The molecule has 4 heterocycles. The van der Waals surface area contributed by atoms with Crippen molar-refractivity contribution in [3.63, 3.8) is 0 Å². The van der Waals surface area contributed by atoms with Crippen molar-refractivity contribution in [2.45, 2.75) is 20.4 Å². The van der Waals surface area contributed by atoms with Gasteiger partial charge in [0.05, 0.1) is 16.8 Å². The first-order chi connectivity index (χ1) is 17.4. The molecule has 0 fully saturated rings. The number of rotatable bonds is 4. The van der Waals surface area contributed by atoms with Gasteiger partial charge in [-0.3, -0.25) is 9.36 Å². The molecule has 0 aliphatic heterocycles. The van der Waals surface area contributed by atoms with E-state index in [1.807, 2.05) is 44.2 Å². The Kier molecular flexibility index (Phi) is 5.00. The number of phenolic OH excluding ortho intramolecular Hbond substituents is 1. The third-order valence-electron chi connectivity index (χ3n) is 6.08. The van der Waals surface area contributed by atoms with Crippen molar-refractivity contribution in [1.29, 1.82) is 0 Å². The molecule has 10 nitrogen and oxygen atoms in total. The van der Waals surface area contributed by atoms with Gasteiger partial charge in [-0.15, -0.1) is 0 Å². The Morgan fingerprint density at radius 1 is 1.06 bits per heavy atom. The zero-order chi connectivity index (χ0) is 25.0. The lowest BCUT2D eigenvalue weighted by molar-refractivity contribution is 0.475. The van der Waals surface area contributed by atoms with Crippen LogP contribution in [0.4, 0.5) is 5.82 Å². The van der Waals surface area contributed by atoms with E-state index >= 15 is 0 Å². The van der Waals surface area contributed by atoms with Gasteiger partial charge in [-0.2, -0.15) is 9.47 Å². The van der Waals surface area contributed by atoms with Gasteiger partial charge in [0.15, 0.2) is 10.5 Å². The van der Waals surface area contributed by atoms with Crippen molar-refractivity contribution in [2.24, 2.45) is 0 Å². The second-order valence-electron chi connectivity index (χ2n) is 8.42. The highest BCUT2D eigenvalue weighted by Gasteiger charge is 2.22. The van der Waals surface area contributed by atoms with E-state index in [4.69, 9.17) is 15.8 Å². The summed E-state index contributed by atoms with van der Waals surface area (Å²) in [6, 6.07) is 14.4. The van der Waals surface area contributed by atoms with Crippen LogP contribution in [0.1, 0.15) is 17.1 Å². The number of anilines is 1. The Hall–Kier alpha value is -4.64. The Morgan fingerprint density at radius 2 is 1.89 bits per heavy atom. The van der Waals surface area contributed by atoms with Gasteiger partial charge < -0.3 is 10.8 Å². The minimum Gasteiger partial charge on any atom is -0.508 e. The van der Waals surface area contributed by atoms with Crippen LogP contribution in [0.25, 0.3) is 38.2 Å². The Bertz CT molecular complexity index is 1850. The number of aromatic hydroxyl groups is 1. The second kappa shape index (κ2) is 8.24. The molecule has 0 amide bonds. The highest BCUT2D eigenvalue weighted by atomic mass is 32.1. The minimum absolute atomic E-state index is 0.103. The monoisotopic (exact) mass is 496 g/mol. The van der Waals surface area contributed by atoms with E-state index in [0.29, 0.717) is 44.0 Å². The summed E-state index contributed by atoms with van der Waals surface area (Å²) in [7, 11) is 0. The molecule has 0 bridgehead atoms. The molecule has 4 aromatic heterocycles. The third-order valence-corrected chi connectivity index (χ3v) is 6.91. The normalized spacial score (nSPS) is 11.5. The number of hydrogen-bond acceptors (Lipinski definition) is 9. The summed E-state index contributed by atoms with van der Waals surface area (Å²) in [5, 5.41) is 15.9. The topological polar surface area (TPSA) is 138 Å². The summed E-state index contributed by atoms with van der Waals surface area (Å²) in [6.07, 6.45) is 1.37. The number of nitrogens with zero attached hydrogens (tertiary/aromatic N) is 7. The quantitative estimate of drug-likeness (QED) is 0.378. The first-order valence-electron chi connectivity index (χ1n) is 11.1. The molecule has 11 heteroatoms. The number of aryl methyl sites for hydroxylation is 2. The van der Waals surface area contributed by atoms with E-state index < -0.39 is 0 Å². The predicted octanol–water partition coefficient (Wildman–Crippen LogP) is 3.60. The highest BCUT2D eigenvalue weighted by Crippen LogP contribution is 2.32. The zero-order valence-corrected chi connectivity index (χ0v) is 20.2. The SMILES string of the molecule is Cc1ccccc1-n1c(Cn2nc(-c3cccc(O)c3)c3c(N)ncnc32)nc2snc(C)c2c1=O. The van der Waals surface area contributed by atoms with Crippen LogP contribution in [-0.4, -0.2) is 38.8 Å². The molecule has 36 heavy (non-hydrogen) atoms. The maximum Gasteiger partial charge on any atom is 0.268 e. The molecular formula is C25H20N8O2S. The smallest absolute Gasteiger partial charge is 0.268 e. The van der Waals surface area contributed by atoms with Gasteiger partial charge in [-0.05, 0) is 49.1 Å². The van der Waals surface area contributed by atoms with E-state index in [9.17, 15) is 9.90 Å². The van der Waals surface area contributed by atoms with Crippen molar-refractivity contribution < 1.29 is 5.11 Å². The number of benzene rings is 2. The number of nitrogen functional groups attached to an aromatic ring is 1. The van der Waals surface area contributed by atoms with Crippen LogP contribution in [0, 0.1) is 13.8 Å². The van der Waals surface area contributed by atoms with Crippen molar-refractivity contribution >= 4 is 38.6 Å². The Morgan fingerprint density at radius 3 is 2.69 bits per heavy atom. The average Bonchev–Trinajstić information content (AvgIpc) is 3.42. The molecular weight excluding hydrogens is 476 g/mol. The number of hydrogen-bond donors (Lipinski definition) is 2. The van der Waals surface area contributed by atoms with Gasteiger partial charge in [0.25, 0.3) is 5.56 Å². The van der Waals surface area contributed by atoms with E-state index in [0.717, 1.165) is 11.3 Å². The maximum absolute atomic E-state index is 13.7. The summed E-state index contributed by atoms with van der Waals surface area (Å²) in [5.41, 5.74) is 10.0. The predicted molar refractivity (Wildman–Crippen MR) is 138 cm³/mol. The lowest BCUT2D eigenvalue weighted by Crippen LogP contribution is -2.26. The molecule has 0 radical (unpaired) electrons. The van der Waals surface area contributed by atoms with E-state index in [-0.39, 0.29) is 23.7 Å². The molecule has 0 aliphatic rings. The number of nitrogens with two attached hydrogens (primary N) is 1. The molecule has 0 saturated heterocycles. The molecule has 0 atom stereocenters. The van der Waals surface area contributed by atoms with Gasteiger partial charge >= 0.3 is 0 Å². The van der Waals surface area contributed by atoms with Crippen molar-refractivity contribution in [2.75, 3.05) is 5.73 Å². The van der Waals surface area contributed by atoms with Crippen LogP contribution in [0.3, 0.4) is 0 Å². The van der Waals surface area contributed by atoms with Crippen LogP contribution in [0.2, 0.25) is 0 Å². The highest BCUT2D eigenvalue weighted by molar-refractivity contribution is 7.12. The summed E-state index contributed by atoms with van der Waals surface area (Å²) < 4.78 is 7.63. The molecule has 3 N–H and O–H groups in total. The molecule has 6 aromatic rings. The van der Waals surface area contributed by atoms with Crippen LogP contribution >= 0.6 is 11.5 Å². The van der Waals surface area contributed by atoms with Gasteiger partial charge in [0, 0.05) is 5.56 Å². The summed E-state index contributed by atoms with van der Waals surface area (Å²) in [5.74, 6) is 0.851. The fourth-order valence-electron chi connectivity index (χ4n) is 4.38. The molecule has 178 valence electrons. The van der Waals surface area contributed by atoms with Crippen LogP contribution < -0.4 is 11.3 Å². The van der Waals surface area contributed by atoms with Crippen molar-refractivity contribution in [1.82, 2.24) is 33.7 Å². The fraction of sp³-hybridized carbons (Fsp3) is 0.120. The zero-order valence-electron chi connectivity index (χ0n) is 19.4. The number of fused-ring (bicyclic) bond motifs is 2. The van der Waals surface area contributed by atoms with Crippen LogP contribution in [-0.2, 0) is 6.54 Å². The molecule has 0 saturated carbocycles. The van der Waals surface area contributed by atoms with Gasteiger partial charge in [-0.1, -0.05) is 30.3 Å². The van der Waals surface area contributed by atoms with Gasteiger partial charge in [0.1, 0.15) is 41.3 Å². The van der Waals surface area contributed by atoms with E-state index in [1.54, 1.807) is 27.4 Å². The number of phenols is 1. The summed E-state index contributed by atoms with van der Waals surface area (Å²) in [6.45, 7) is 3.90. The Balaban J connectivity index is 1.61. The lowest BCUT2D eigenvalue weighted by Gasteiger charge is -2.15. The molecule has 0 aliphatic carbocycles. The summed E-state index contributed by atoms with van der Waals surface area (Å²) in [4.78, 5) is 27.7.